The monoisotopic (exact) mass is 342 g/mol. The lowest BCUT2D eigenvalue weighted by Gasteiger charge is -2.25. The van der Waals surface area contributed by atoms with E-state index in [2.05, 4.69) is 67.2 Å². The van der Waals surface area contributed by atoms with Gasteiger partial charge in [0.05, 0.1) is 14.1 Å². The van der Waals surface area contributed by atoms with Gasteiger partial charge in [-0.15, -0.1) is 0 Å². The maximum absolute atomic E-state index is 3.63. The minimum atomic E-state index is 1.08. The van der Waals surface area contributed by atoms with Crippen LogP contribution in [-0.4, -0.2) is 60.8 Å². The first-order valence-electron chi connectivity index (χ1n) is 10.2. The van der Waals surface area contributed by atoms with Gasteiger partial charge >= 0.3 is 5.96 Å². The first-order chi connectivity index (χ1) is 11.6. The van der Waals surface area contributed by atoms with Crippen LogP contribution in [0.25, 0.3) is 0 Å². The zero-order valence-corrected chi connectivity index (χ0v) is 17.3. The van der Waals surface area contributed by atoms with Gasteiger partial charge in [0.2, 0.25) is 0 Å². The van der Waals surface area contributed by atoms with Crippen molar-refractivity contribution in [2.75, 3.05) is 40.3 Å². The van der Waals surface area contributed by atoms with Crippen molar-refractivity contribution in [2.45, 2.75) is 79.1 Å². The smallest absolute Gasteiger partial charge is 0.268 e. The van der Waals surface area contributed by atoms with E-state index < -0.39 is 0 Å². The van der Waals surface area contributed by atoms with Crippen molar-refractivity contribution in [1.29, 1.82) is 0 Å². The minimum absolute atomic E-state index is 1.08. The quantitative estimate of drug-likeness (QED) is 0.219. The number of unbranched alkanes of at least 4 members (excludes halogenated alkanes) is 4. The second kappa shape index (κ2) is 15.7. The van der Waals surface area contributed by atoms with Crippen LogP contribution in [0.4, 0.5) is 0 Å². The Balaban J connectivity index is 4.78. The summed E-state index contributed by atoms with van der Waals surface area (Å²) in [4.78, 5) is 0. The highest BCUT2D eigenvalue weighted by atomic mass is 15.6. The summed E-state index contributed by atoms with van der Waals surface area (Å²) in [6, 6.07) is 0. The summed E-state index contributed by atoms with van der Waals surface area (Å²) in [5.74, 6) is 1.08. The molecule has 0 aromatic carbocycles. The number of hydrogen-bond acceptors (Lipinski definition) is 2. The Morgan fingerprint density at radius 1 is 0.625 bits per heavy atom. The fourth-order valence-corrected chi connectivity index (χ4v) is 2.37. The second-order valence-corrected chi connectivity index (χ2v) is 6.85. The zero-order valence-electron chi connectivity index (χ0n) is 17.3. The van der Waals surface area contributed by atoms with Crippen molar-refractivity contribution in [1.82, 2.24) is 20.9 Å². The summed E-state index contributed by atoms with van der Waals surface area (Å²) in [6.07, 6.45) is 9.84. The second-order valence-electron chi connectivity index (χ2n) is 6.85. The van der Waals surface area contributed by atoms with Gasteiger partial charge < -0.3 is 0 Å². The average molecular weight is 343 g/mol. The van der Waals surface area contributed by atoms with Crippen LogP contribution in [0, 0.1) is 0 Å². The standard InChI is InChI=1S/C19H43N5/c1-7-11-15-23(16-12-8-2)20-19(22(5)6)21-24(17-13-9-3)18-14-10-4/h7-18H2,1-6H3,(H,20,21)/p+1. The third-order valence-electron chi connectivity index (χ3n) is 4.10. The molecule has 5 nitrogen and oxygen atoms in total. The zero-order chi connectivity index (χ0) is 18.2. The highest BCUT2D eigenvalue weighted by Crippen LogP contribution is 1.98. The van der Waals surface area contributed by atoms with Crippen molar-refractivity contribution >= 4 is 5.96 Å². The van der Waals surface area contributed by atoms with Crippen LogP contribution in [0.2, 0.25) is 0 Å². The predicted molar refractivity (Wildman–Crippen MR) is 106 cm³/mol. The van der Waals surface area contributed by atoms with Gasteiger partial charge in [-0.25, -0.2) is 10.9 Å². The van der Waals surface area contributed by atoms with Gasteiger partial charge in [-0.1, -0.05) is 53.4 Å². The van der Waals surface area contributed by atoms with Gasteiger partial charge in [-0.3, -0.25) is 4.58 Å². The normalized spacial score (nSPS) is 11.2. The van der Waals surface area contributed by atoms with Crippen molar-refractivity contribution in [3.05, 3.63) is 0 Å². The fourth-order valence-electron chi connectivity index (χ4n) is 2.37. The van der Waals surface area contributed by atoms with Crippen LogP contribution in [-0.2, 0) is 0 Å². The molecule has 0 aliphatic carbocycles. The van der Waals surface area contributed by atoms with Gasteiger partial charge in [0, 0.05) is 26.2 Å². The lowest BCUT2D eigenvalue weighted by molar-refractivity contribution is -0.471. The molecule has 0 aromatic heterocycles. The maximum Gasteiger partial charge on any atom is 0.380 e. The van der Waals surface area contributed by atoms with Crippen LogP contribution < -0.4 is 10.9 Å². The van der Waals surface area contributed by atoms with E-state index in [1.54, 1.807) is 0 Å². The predicted octanol–water partition coefficient (Wildman–Crippen LogP) is 3.43. The van der Waals surface area contributed by atoms with Crippen molar-refractivity contribution in [2.24, 2.45) is 0 Å². The summed E-state index contributed by atoms with van der Waals surface area (Å²) in [7, 11) is 4.20. The Morgan fingerprint density at radius 3 is 1.12 bits per heavy atom. The SMILES string of the molecule is CCCCN(CCCC)NC(NN(CCCC)CCCC)=[N+](C)C. The largest absolute Gasteiger partial charge is 0.380 e. The van der Waals surface area contributed by atoms with Crippen LogP contribution in [0.15, 0.2) is 0 Å². The summed E-state index contributed by atoms with van der Waals surface area (Å²) >= 11 is 0. The summed E-state index contributed by atoms with van der Waals surface area (Å²) in [5.41, 5.74) is 7.26. The Hall–Kier alpha value is -0.810. The first kappa shape index (κ1) is 23.2. The number of guanidine groups is 1. The molecule has 0 saturated carbocycles. The molecule has 0 radical (unpaired) electrons. The molecule has 0 atom stereocenters. The van der Waals surface area contributed by atoms with E-state index in [1.807, 2.05) is 0 Å². The third kappa shape index (κ3) is 11.7. The number of rotatable bonds is 14. The van der Waals surface area contributed by atoms with Gasteiger partial charge in [-0.05, 0) is 25.7 Å². The number of hydrazine groups is 2. The number of nitrogens with zero attached hydrogens (tertiary/aromatic N) is 3. The molecule has 144 valence electrons. The van der Waals surface area contributed by atoms with E-state index in [0.717, 1.165) is 32.1 Å². The van der Waals surface area contributed by atoms with E-state index >= 15 is 0 Å². The third-order valence-corrected chi connectivity index (χ3v) is 4.10. The van der Waals surface area contributed by atoms with Crippen molar-refractivity contribution in [3.63, 3.8) is 0 Å². The first-order valence-corrected chi connectivity index (χ1v) is 10.2. The molecule has 5 heteroatoms. The molecule has 0 rings (SSSR count). The van der Waals surface area contributed by atoms with Crippen molar-refractivity contribution < 1.29 is 4.58 Å². The van der Waals surface area contributed by atoms with E-state index in [0.29, 0.717) is 0 Å². The minimum Gasteiger partial charge on any atom is -0.268 e. The highest BCUT2D eigenvalue weighted by Gasteiger charge is 2.18. The molecule has 0 aliphatic rings. The number of hydrogen-bond donors (Lipinski definition) is 2. The molecule has 0 heterocycles. The fraction of sp³-hybridized carbons (Fsp3) is 0.947. The molecule has 0 spiro atoms. The molecule has 0 saturated heterocycles. The summed E-state index contributed by atoms with van der Waals surface area (Å²) in [6.45, 7) is 13.4. The van der Waals surface area contributed by atoms with Crippen LogP contribution in [0.5, 0.6) is 0 Å². The Morgan fingerprint density at radius 2 is 0.917 bits per heavy atom. The Kier molecular flexibility index (Phi) is 15.2. The topological polar surface area (TPSA) is 33.5 Å². The molecule has 0 fully saturated rings. The molecule has 24 heavy (non-hydrogen) atoms. The van der Waals surface area contributed by atoms with Gasteiger partial charge in [0.1, 0.15) is 0 Å². The van der Waals surface area contributed by atoms with Crippen LogP contribution in [0.3, 0.4) is 0 Å². The van der Waals surface area contributed by atoms with E-state index in [4.69, 9.17) is 0 Å². The maximum atomic E-state index is 3.63. The van der Waals surface area contributed by atoms with E-state index in [-0.39, 0.29) is 0 Å². The molecular weight excluding hydrogens is 298 g/mol. The van der Waals surface area contributed by atoms with Crippen molar-refractivity contribution in [3.8, 4) is 0 Å². The van der Waals surface area contributed by atoms with Gasteiger partial charge in [-0.2, -0.15) is 10.0 Å². The Labute approximate surface area is 151 Å². The highest BCUT2D eigenvalue weighted by molar-refractivity contribution is 5.73. The average Bonchev–Trinajstić information content (AvgIpc) is 2.58. The number of nitrogens with one attached hydrogen (secondary N) is 2. The van der Waals surface area contributed by atoms with Crippen LogP contribution in [0.1, 0.15) is 79.1 Å². The van der Waals surface area contributed by atoms with Gasteiger partial charge in [0.15, 0.2) is 0 Å². The van der Waals surface area contributed by atoms with Gasteiger partial charge in [0.25, 0.3) is 0 Å². The molecule has 0 amide bonds. The molecule has 2 N–H and O–H groups in total. The van der Waals surface area contributed by atoms with E-state index in [9.17, 15) is 0 Å². The summed E-state index contributed by atoms with van der Waals surface area (Å²) in [5, 5.41) is 4.74. The van der Waals surface area contributed by atoms with Crippen LogP contribution >= 0.6 is 0 Å². The molecule has 0 unspecified atom stereocenters. The molecular formula is C19H44N5+. The molecule has 0 aliphatic heterocycles. The Bertz CT molecular complexity index is 273. The lowest BCUT2D eigenvalue weighted by atomic mass is 10.3. The summed E-state index contributed by atoms with van der Waals surface area (Å²) < 4.78 is 2.15. The lowest BCUT2D eigenvalue weighted by Crippen LogP contribution is -2.57. The van der Waals surface area contributed by atoms with E-state index in [1.165, 1.54) is 51.4 Å². The molecule has 0 aromatic rings. The molecule has 0 bridgehead atoms.